The van der Waals surface area contributed by atoms with Crippen LogP contribution in [-0.2, 0) is 0 Å². The molecule has 1 unspecified atom stereocenters. The van der Waals surface area contributed by atoms with Gasteiger partial charge in [0.2, 0.25) is 0 Å². The molecule has 1 atom stereocenters. The van der Waals surface area contributed by atoms with Crippen molar-refractivity contribution in [3.63, 3.8) is 0 Å². The molecule has 17 heavy (non-hydrogen) atoms. The average Bonchev–Trinajstić information content (AvgIpc) is 2.75. The monoisotopic (exact) mass is 233 g/mol. The van der Waals surface area contributed by atoms with Crippen molar-refractivity contribution in [3.05, 3.63) is 35.7 Å². The van der Waals surface area contributed by atoms with Crippen LogP contribution >= 0.6 is 0 Å². The van der Waals surface area contributed by atoms with E-state index in [2.05, 4.69) is 15.5 Å². The minimum atomic E-state index is 0.0979. The van der Waals surface area contributed by atoms with Gasteiger partial charge in [-0.2, -0.15) is 4.98 Å². The molecule has 2 aromatic rings. The van der Waals surface area contributed by atoms with Crippen LogP contribution in [0.2, 0.25) is 0 Å². The van der Waals surface area contributed by atoms with Gasteiger partial charge < -0.3 is 14.6 Å². The first-order valence-corrected chi connectivity index (χ1v) is 5.40. The van der Waals surface area contributed by atoms with Crippen molar-refractivity contribution in [1.29, 1.82) is 0 Å². The Bertz CT molecular complexity index is 479. The first kappa shape index (κ1) is 11.4. The molecule has 5 nitrogen and oxygen atoms in total. The predicted molar refractivity (Wildman–Crippen MR) is 64.1 cm³/mol. The van der Waals surface area contributed by atoms with Crippen LogP contribution in [0.25, 0.3) is 0 Å². The Hall–Kier alpha value is -2.04. The second-order valence-corrected chi connectivity index (χ2v) is 3.79. The standard InChI is InChI=1S/C12H15N3O2/c1-8(13-12-14-9(2)15-17-12)10-4-6-11(16-3)7-5-10/h4-8H,1-3H3,(H,13,14,15). The third-order valence-electron chi connectivity index (χ3n) is 2.48. The van der Waals surface area contributed by atoms with Gasteiger partial charge in [-0.05, 0) is 31.5 Å². The molecule has 0 amide bonds. The average molecular weight is 233 g/mol. The highest BCUT2D eigenvalue weighted by Gasteiger charge is 2.09. The van der Waals surface area contributed by atoms with Gasteiger partial charge in [0.1, 0.15) is 5.75 Å². The number of aromatic nitrogens is 2. The van der Waals surface area contributed by atoms with E-state index in [1.807, 2.05) is 31.2 Å². The molecule has 0 radical (unpaired) electrons. The lowest BCUT2D eigenvalue weighted by atomic mass is 10.1. The Balaban J connectivity index is 2.06. The number of nitrogens with zero attached hydrogens (tertiary/aromatic N) is 2. The molecule has 1 N–H and O–H groups in total. The summed E-state index contributed by atoms with van der Waals surface area (Å²) in [6, 6.07) is 8.38. The molecule has 0 fully saturated rings. The first-order chi connectivity index (χ1) is 8.19. The zero-order valence-electron chi connectivity index (χ0n) is 10.1. The third-order valence-corrected chi connectivity index (χ3v) is 2.48. The lowest BCUT2D eigenvalue weighted by molar-refractivity contribution is 0.414. The van der Waals surface area contributed by atoms with Crippen molar-refractivity contribution in [1.82, 2.24) is 10.1 Å². The number of methoxy groups -OCH3 is 1. The number of aryl methyl sites for hydroxylation is 1. The minimum absolute atomic E-state index is 0.0979. The summed E-state index contributed by atoms with van der Waals surface area (Å²) in [4.78, 5) is 4.10. The number of benzene rings is 1. The maximum atomic E-state index is 5.11. The fraction of sp³-hybridized carbons (Fsp3) is 0.333. The van der Waals surface area contributed by atoms with E-state index in [4.69, 9.17) is 9.26 Å². The van der Waals surface area contributed by atoms with Gasteiger partial charge in [0.15, 0.2) is 5.82 Å². The summed E-state index contributed by atoms with van der Waals surface area (Å²) in [5, 5.41) is 6.86. The van der Waals surface area contributed by atoms with Gasteiger partial charge in [-0.1, -0.05) is 17.3 Å². The molecule has 0 spiro atoms. The lowest BCUT2D eigenvalue weighted by Crippen LogP contribution is -2.06. The van der Waals surface area contributed by atoms with Crippen molar-refractivity contribution in [2.45, 2.75) is 19.9 Å². The van der Waals surface area contributed by atoms with E-state index in [0.29, 0.717) is 11.8 Å². The van der Waals surface area contributed by atoms with Gasteiger partial charge in [0.05, 0.1) is 13.2 Å². The predicted octanol–water partition coefficient (Wildman–Crippen LogP) is 2.56. The number of anilines is 1. The van der Waals surface area contributed by atoms with Crippen LogP contribution in [0, 0.1) is 6.92 Å². The summed E-state index contributed by atoms with van der Waals surface area (Å²) in [6.07, 6.45) is 0. The smallest absolute Gasteiger partial charge is 0.321 e. The summed E-state index contributed by atoms with van der Waals surface area (Å²) in [6.45, 7) is 3.81. The maximum absolute atomic E-state index is 5.11. The quantitative estimate of drug-likeness (QED) is 0.879. The van der Waals surface area contributed by atoms with Gasteiger partial charge in [-0.25, -0.2) is 0 Å². The molecule has 1 aromatic carbocycles. The van der Waals surface area contributed by atoms with Crippen molar-refractivity contribution in [3.8, 4) is 5.75 Å². The Labute approximate surface area is 99.8 Å². The molecule has 5 heteroatoms. The van der Waals surface area contributed by atoms with Crippen LogP contribution in [0.5, 0.6) is 5.75 Å². The van der Waals surface area contributed by atoms with E-state index in [1.54, 1.807) is 14.0 Å². The summed E-state index contributed by atoms with van der Waals surface area (Å²) in [7, 11) is 1.65. The molecule has 1 heterocycles. The Morgan fingerprint density at radius 3 is 2.53 bits per heavy atom. The van der Waals surface area contributed by atoms with E-state index in [9.17, 15) is 0 Å². The zero-order valence-corrected chi connectivity index (χ0v) is 10.1. The molecule has 0 aliphatic heterocycles. The topological polar surface area (TPSA) is 60.2 Å². The van der Waals surface area contributed by atoms with Crippen LogP contribution in [0.4, 0.5) is 6.01 Å². The van der Waals surface area contributed by atoms with Crippen molar-refractivity contribution < 1.29 is 9.26 Å². The highest BCUT2D eigenvalue weighted by molar-refractivity contribution is 5.33. The van der Waals surface area contributed by atoms with Gasteiger partial charge in [0.25, 0.3) is 0 Å². The highest BCUT2D eigenvalue weighted by Crippen LogP contribution is 2.20. The second-order valence-electron chi connectivity index (χ2n) is 3.79. The van der Waals surface area contributed by atoms with Crippen LogP contribution in [0.1, 0.15) is 24.4 Å². The summed E-state index contributed by atoms with van der Waals surface area (Å²) in [5.41, 5.74) is 1.13. The highest BCUT2D eigenvalue weighted by atomic mass is 16.5. The largest absolute Gasteiger partial charge is 0.497 e. The van der Waals surface area contributed by atoms with Crippen molar-refractivity contribution in [2.75, 3.05) is 12.4 Å². The SMILES string of the molecule is COc1ccc(C(C)Nc2nc(C)no2)cc1. The van der Waals surface area contributed by atoms with Crippen LogP contribution in [0.15, 0.2) is 28.8 Å². The van der Waals surface area contributed by atoms with Gasteiger partial charge in [-0.15, -0.1) is 0 Å². The summed E-state index contributed by atoms with van der Waals surface area (Å²) >= 11 is 0. The zero-order chi connectivity index (χ0) is 12.3. The van der Waals surface area contributed by atoms with E-state index >= 15 is 0 Å². The molecular weight excluding hydrogens is 218 g/mol. The van der Waals surface area contributed by atoms with Crippen molar-refractivity contribution >= 4 is 6.01 Å². The van der Waals surface area contributed by atoms with Crippen molar-refractivity contribution in [2.24, 2.45) is 0 Å². The molecule has 1 aromatic heterocycles. The lowest BCUT2D eigenvalue weighted by Gasteiger charge is -2.12. The number of ether oxygens (including phenoxy) is 1. The third kappa shape index (κ3) is 2.75. The number of rotatable bonds is 4. The number of hydrogen-bond donors (Lipinski definition) is 1. The fourth-order valence-electron chi connectivity index (χ4n) is 1.52. The van der Waals surface area contributed by atoms with Gasteiger partial charge in [0, 0.05) is 0 Å². The summed E-state index contributed by atoms with van der Waals surface area (Å²) in [5.74, 6) is 1.46. The van der Waals surface area contributed by atoms with Crippen LogP contribution in [-0.4, -0.2) is 17.3 Å². The fourth-order valence-corrected chi connectivity index (χ4v) is 1.52. The number of hydrogen-bond acceptors (Lipinski definition) is 5. The Kier molecular flexibility index (Phi) is 3.27. The molecule has 2 rings (SSSR count). The van der Waals surface area contributed by atoms with E-state index < -0.39 is 0 Å². The molecule has 0 aliphatic carbocycles. The number of nitrogens with one attached hydrogen (secondary N) is 1. The normalized spacial score (nSPS) is 12.2. The maximum Gasteiger partial charge on any atom is 0.321 e. The van der Waals surface area contributed by atoms with E-state index in [1.165, 1.54) is 0 Å². The first-order valence-electron chi connectivity index (χ1n) is 5.40. The van der Waals surface area contributed by atoms with Crippen LogP contribution in [0.3, 0.4) is 0 Å². The molecule has 0 saturated heterocycles. The van der Waals surface area contributed by atoms with Crippen LogP contribution < -0.4 is 10.1 Å². The Morgan fingerprint density at radius 1 is 1.29 bits per heavy atom. The molecular formula is C12H15N3O2. The van der Waals surface area contributed by atoms with E-state index in [-0.39, 0.29) is 6.04 Å². The molecule has 90 valence electrons. The molecule has 0 aliphatic rings. The van der Waals surface area contributed by atoms with E-state index in [0.717, 1.165) is 11.3 Å². The second kappa shape index (κ2) is 4.86. The molecule has 0 bridgehead atoms. The van der Waals surface area contributed by atoms with Gasteiger partial charge >= 0.3 is 6.01 Å². The Morgan fingerprint density at radius 2 is 2.00 bits per heavy atom. The van der Waals surface area contributed by atoms with Gasteiger partial charge in [-0.3, -0.25) is 0 Å². The molecule has 0 saturated carbocycles. The minimum Gasteiger partial charge on any atom is -0.497 e. The summed E-state index contributed by atoms with van der Waals surface area (Å²) < 4.78 is 10.1.